The molecule has 7 heteroatoms. The molecule has 1 aliphatic rings. The lowest BCUT2D eigenvalue weighted by Gasteiger charge is -2.34. The van der Waals surface area contributed by atoms with Gasteiger partial charge in [0.1, 0.15) is 5.75 Å². The lowest BCUT2D eigenvalue weighted by atomic mass is 9.92. The Morgan fingerprint density at radius 1 is 1.25 bits per heavy atom. The van der Waals surface area contributed by atoms with Gasteiger partial charge in [0.15, 0.2) is 11.0 Å². The number of aromatic nitrogens is 3. The highest BCUT2D eigenvalue weighted by Gasteiger charge is 2.26. The number of piperidine rings is 1. The Morgan fingerprint density at radius 2 is 1.93 bits per heavy atom. The average molecular weight is 401 g/mol. The molecule has 1 aliphatic heterocycles. The van der Waals surface area contributed by atoms with Gasteiger partial charge in [-0.15, -0.1) is 16.8 Å². The van der Waals surface area contributed by atoms with E-state index in [1.807, 2.05) is 39.8 Å². The Balaban J connectivity index is 1.72. The van der Waals surface area contributed by atoms with Crippen LogP contribution in [0.2, 0.25) is 0 Å². The maximum absolute atomic E-state index is 12.7. The van der Waals surface area contributed by atoms with Gasteiger partial charge >= 0.3 is 0 Å². The van der Waals surface area contributed by atoms with Crippen molar-refractivity contribution in [3.63, 3.8) is 0 Å². The van der Waals surface area contributed by atoms with Crippen LogP contribution in [0.1, 0.15) is 20.3 Å². The molecule has 2 unspecified atom stereocenters. The second kappa shape index (κ2) is 9.28. The van der Waals surface area contributed by atoms with Crippen molar-refractivity contribution >= 4 is 17.7 Å². The fourth-order valence-corrected chi connectivity index (χ4v) is 4.58. The largest absolute Gasteiger partial charge is 0.497 e. The van der Waals surface area contributed by atoms with E-state index in [1.165, 1.54) is 18.2 Å². The van der Waals surface area contributed by atoms with Crippen LogP contribution in [0.3, 0.4) is 0 Å². The van der Waals surface area contributed by atoms with Crippen LogP contribution in [0.15, 0.2) is 42.1 Å². The fraction of sp³-hybridized carbons (Fsp3) is 0.476. The number of amides is 1. The first-order valence-corrected chi connectivity index (χ1v) is 10.6. The smallest absolute Gasteiger partial charge is 0.233 e. The summed E-state index contributed by atoms with van der Waals surface area (Å²) >= 11 is 1.44. The van der Waals surface area contributed by atoms with E-state index in [0.29, 0.717) is 24.1 Å². The molecule has 1 aromatic carbocycles. The predicted molar refractivity (Wildman–Crippen MR) is 112 cm³/mol. The second-order valence-electron chi connectivity index (χ2n) is 7.47. The van der Waals surface area contributed by atoms with Crippen molar-refractivity contribution in [2.45, 2.75) is 32.0 Å². The number of benzene rings is 1. The molecule has 0 bridgehead atoms. The summed E-state index contributed by atoms with van der Waals surface area (Å²) in [5.41, 5.74) is 0.951. The van der Waals surface area contributed by atoms with Crippen molar-refractivity contribution in [2.75, 3.05) is 26.0 Å². The van der Waals surface area contributed by atoms with Crippen LogP contribution in [0.4, 0.5) is 0 Å². The van der Waals surface area contributed by atoms with E-state index in [9.17, 15) is 4.79 Å². The topological polar surface area (TPSA) is 60.2 Å². The van der Waals surface area contributed by atoms with E-state index >= 15 is 0 Å². The summed E-state index contributed by atoms with van der Waals surface area (Å²) in [6.45, 7) is 10.6. The number of likely N-dealkylation sites (tertiary alicyclic amines) is 1. The maximum atomic E-state index is 12.7. The summed E-state index contributed by atoms with van der Waals surface area (Å²) < 4.78 is 7.21. The molecule has 1 fully saturated rings. The Kier molecular flexibility index (Phi) is 6.78. The minimum absolute atomic E-state index is 0.169. The molecular formula is C21H28N4O2S. The molecule has 2 atom stereocenters. The van der Waals surface area contributed by atoms with Crippen molar-refractivity contribution < 1.29 is 9.53 Å². The van der Waals surface area contributed by atoms with E-state index in [0.717, 1.165) is 35.4 Å². The van der Waals surface area contributed by atoms with E-state index in [2.05, 4.69) is 30.6 Å². The van der Waals surface area contributed by atoms with Crippen LogP contribution in [0, 0.1) is 11.8 Å². The van der Waals surface area contributed by atoms with E-state index in [4.69, 9.17) is 4.74 Å². The summed E-state index contributed by atoms with van der Waals surface area (Å²) in [5.74, 6) is 3.22. The normalized spacial score (nSPS) is 19.5. The van der Waals surface area contributed by atoms with Crippen molar-refractivity contribution in [1.82, 2.24) is 19.7 Å². The second-order valence-corrected chi connectivity index (χ2v) is 8.41. The summed E-state index contributed by atoms with van der Waals surface area (Å²) in [5, 5.41) is 9.41. The molecule has 150 valence electrons. The number of methoxy groups -OCH3 is 1. The summed E-state index contributed by atoms with van der Waals surface area (Å²) in [6.07, 6.45) is 3.01. The Morgan fingerprint density at radius 3 is 2.54 bits per heavy atom. The zero-order valence-electron chi connectivity index (χ0n) is 16.8. The number of hydrogen-bond donors (Lipinski definition) is 0. The zero-order valence-corrected chi connectivity index (χ0v) is 17.6. The lowest BCUT2D eigenvalue weighted by molar-refractivity contribution is -0.130. The number of allylic oxidation sites excluding steroid dienone is 1. The van der Waals surface area contributed by atoms with Gasteiger partial charge in [-0.3, -0.25) is 9.36 Å². The molecule has 0 saturated carbocycles. The first-order valence-electron chi connectivity index (χ1n) is 9.61. The highest BCUT2D eigenvalue weighted by molar-refractivity contribution is 7.99. The molecule has 0 aliphatic carbocycles. The number of ether oxygens (including phenoxy) is 1. The van der Waals surface area contributed by atoms with Crippen LogP contribution in [-0.4, -0.2) is 51.5 Å². The predicted octanol–water partition coefficient (Wildman–Crippen LogP) is 3.74. The van der Waals surface area contributed by atoms with Gasteiger partial charge in [0.25, 0.3) is 0 Å². The third-order valence-electron chi connectivity index (χ3n) is 4.92. The van der Waals surface area contributed by atoms with Gasteiger partial charge in [0.2, 0.25) is 5.91 Å². The Hall–Kier alpha value is -2.28. The van der Waals surface area contributed by atoms with Crippen LogP contribution in [-0.2, 0) is 11.3 Å². The first-order chi connectivity index (χ1) is 13.5. The molecule has 6 nitrogen and oxygen atoms in total. The van der Waals surface area contributed by atoms with Crippen LogP contribution in [0.5, 0.6) is 5.75 Å². The van der Waals surface area contributed by atoms with E-state index in [-0.39, 0.29) is 5.91 Å². The summed E-state index contributed by atoms with van der Waals surface area (Å²) in [4.78, 5) is 14.7. The molecular weight excluding hydrogens is 372 g/mol. The Bertz CT molecular complexity index is 808. The number of hydrogen-bond acceptors (Lipinski definition) is 5. The summed E-state index contributed by atoms with van der Waals surface area (Å²) in [6, 6.07) is 7.71. The third-order valence-corrected chi connectivity index (χ3v) is 5.87. The van der Waals surface area contributed by atoms with Gasteiger partial charge in [0.05, 0.1) is 12.9 Å². The molecule has 0 N–H and O–H groups in total. The Labute approximate surface area is 171 Å². The molecule has 1 saturated heterocycles. The standard InChI is InChI=1S/C21H28N4O2S/c1-5-10-25-20(17-6-8-18(27-4)9-7-17)22-23-21(25)28-14-19(26)24-12-15(2)11-16(3)13-24/h5-9,15-16H,1,10-14H2,2-4H3. The number of nitrogens with zero attached hydrogens (tertiary/aromatic N) is 4. The number of carbonyl (C=O) groups is 1. The van der Waals surface area contributed by atoms with Crippen molar-refractivity contribution in [1.29, 1.82) is 0 Å². The van der Waals surface area contributed by atoms with Gasteiger partial charge in [-0.2, -0.15) is 0 Å². The van der Waals surface area contributed by atoms with Crippen LogP contribution < -0.4 is 4.74 Å². The van der Waals surface area contributed by atoms with E-state index < -0.39 is 0 Å². The highest BCUT2D eigenvalue weighted by atomic mass is 32.2. The van der Waals surface area contributed by atoms with Crippen LogP contribution in [0.25, 0.3) is 11.4 Å². The number of thioether (sulfide) groups is 1. The molecule has 2 heterocycles. The minimum atomic E-state index is 0.169. The molecule has 0 spiro atoms. The molecule has 28 heavy (non-hydrogen) atoms. The van der Waals surface area contributed by atoms with Gasteiger partial charge < -0.3 is 9.64 Å². The maximum Gasteiger partial charge on any atom is 0.233 e. The first kappa shape index (κ1) is 20.5. The van der Waals surface area contributed by atoms with Crippen molar-refractivity contribution in [2.24, 2.45) is 11.8 Å². The quantitative estimate of drug-likeness (QED) is 0.523. The average Bonchev–Trinajstić information content (AvgIpc) is 3.08. The van der Waals surface area contributed by atoms with Gasteiger partial charge in [-0.1, -0.05) is 31.7 Å². The zero-order chi connectivity index (χ0) is 20.1. The van der Waals surface area contributed by atoms with Crippen molar-refractivity contribution in [3.05, 3.63) is 36.9 Å². The van der Waals surface area contributed by atoms with E-state index in [1.54, 1.807) is 7.11 Å². The molecule has 1 amide bonds. The highest BCUT2D eigenvalue weighted by Crippen LogP contribution is 2.27. The third kappa shape index (κ3) is 4.76. The monoisotopic (exact) mass is 400 g/mol. The number of rotatable bonds is 7. The van der Waals surface area contributed by atoms with Crippen molar-refractivity contribution in [3.8, 4) is 17.1 Å². The summed E-state index contributed by atoms with van der Waals surface area (Å²) in [7, 11) is 1.64. The molecule has 0 radical (unpaired) electrons. The van der Waals surface area contributed by atoms with Crippen LogP contribution >= 0.6 is 11.8 Å². The SMILES string of the molecule is C=CCn1c(SCC(=O)N2CC(C)CC(C)C2)nnc1-c1ccc(OC)cc1. The van der Waals surface area contributed by atoms with Gasteiger partial charge in [-0.25, -0.2) is 0 Å². The minimum Gasteiger partial charge on any atom is -0.497 e. The van der Waals surface area contributed by atoms with Gasteiger partial charge in [0, 0.05) is 25.2 Å². The lowest BCUT2D eigenvalue weighted by Crippen LogP contribution is -2.43. The fourth-order valence-electron chi connectivity index (χ4n) is 3.73. The number of carbonyl (C=O) groups excluding carboxylic acids is 1. The van der Waals surface area contributed by atoms with Gasteiger partial charge in [-0.05, 0) is 42.5 Å². The molecule has 1 aromatic heterocycles. The molecule has 3 rings (SSSR count). The molecule has 2 aromatic rings.